The quantitative estimate of drug-likeness (QED) is 0.888. The molecule has 0 aromatic heterocycles. The van der Waals surface area contributed by atoms with Crippen LogP contribution >= 0.6 is 0 Å². The molecule has 100 valence electrons. The summed E-state index contributed by atoms with van der Waals surface area (Å²) in [4.78, 5) is 0. The van der Waals surface area contributed by atoms with Crippen LogP contribution in [0.15, 0.2) is 48.5 Å². The predicted molar refractivity (Wildman–Crippen MR) is 70.7 cm³/mol. The van der Waals surface area contributed by atoms with Crippen molar-refractivity contribution in [2.24, 2.45) is 0 Å². The minimum Gasteiger partial charge on any atom is -0.385 e. The van der Waals surface area contributed by atoms with Gasteiger partial charge in [-0.2, -0.15) is 0 Å². The van der Waals surface area contributed by atoms with E-state index in [0.29, 0.717) is 0 Å². The van der Waals surface area contributed by atoms with Gasteiger partial charge in [0.2, 0.25) is 0 Å². The van der Waals surface area contributed by atoms with Crippen molar-refractivity contribution >= 4 is 0 Å². The number of benzene rings is 2. The van der Waals surface area contributed by atoms with E-state index in [1.807, 2.05) is 30.3 Å². The van der Waals surface area contributed by atoms with Crippen molar-refractivity contribution in [3.63, 3.8) is 0 Å². The van der Waals surface area contributed by atoms with E-state index in [-0.39, 0.29) is 18.4 Å². The maximum atomic E-state index is 13.8. The molecule has 0 fully saturated rings. The molecular formula is C16H16F2O. The monoisotopic (exact) mass is 262 g/mol. The normalized spacial score (nSPS) is 14.1. The Bertz CT molecular complexity index is 534. The van der Waals surface area contributed by atoms with Gasteiger partial charge in [-0.25, -0.2) is 8.78 Å². The second-order valence-electron chi connectivity index (χ2n) is 4.64. The SMILES string of the molecule is CCC(O)(Cc1ccccc1)c1c(F)cccc1F. The van der Waals surface area contributed by atoms with Gasteiger partial charge in [0.25, 0.3) is 0 Å². The summed E-state index contributed by atoms with van der Waals surface area (Å²) in [5.74, 6) is -1.42. The van der Waals surface area contributed by atoms with Crippen LogP contribution in [0.25, 0.3) is 0 Å². The van der Waals surface area contributed by atoms with Crippen LogP contribution in [0, 0.1) is 11.6 Å². The summed E-state index contributed by atoms with van der Waals surface area (Å²) in [5, 5.41) is 10.6. The second kappa shape index (κ2) is 5.49. The highest BCUT2D eigenvalue weighted by atomic mass is 19.1. The molecule has 3 heteroatoms. The van der Waals surface area contributed by atoms with Gasteiger partial charge in [-0.1, -0.05) is 43.3 Å². The summed E-state index contributed by atoms with van der Waals surface area (Å²) >= 11 is 0. The standard InChI is InChI=1S/C16H16F2O/c1-2-16(19,11-12-7-4-3-5-8-12)15-13(17)9-6-10-14(15)18/h3-10,19H,2,11H2,1H3. The van der Waals surface area contributed by atoms with Crippen LogP contribution < -0.4 is 0 Å². The van der Waals surface area contributed by atoms with Gasteiger partial charge in [-0.05, 0) is 24.1 Å². The van der Waals surface area contributed by atoms with Crippen LogP contribution in [0.3, 0.4) is 0 Å². The van der Waals surface area contributed by atoms with Crippen molar-refractivity contribution in [3.8, 4) is 0 Å². The third-order valence-electron chi connectivity index (χ3n) is 3.35. The van der Waals surface area contributed by atoms with E-state index >= 15 is 0 Å². The van der Waals surface area contributed by atoms with E-state index < -0.39 is 17.2 Å². The van der Waals surface area contributed by atoms with Gasteiger partial charge in [-0.15, -0.1) is 0 Å². The Kier molecular flexibility index (Phi) is 3.96. The number of rotatable bonds is 4. The molecule has 0 aliphatic rings. The first kappa shape index (κ1) is 13.7. The number of hydrogen-bond acceptors (Lipinski definition) is 1. The zero-order valence-electron chi connectivity index (χ0n) is 10.7. The summed E-state index contributed by atoms with van der Waals surface area (Å²) in [7, 11) is 0. The smallest absolute Gasteiger partial charge is 0.132 e. The van der Waals surface area contributed by atoms with Crippen LogP contribution in [0.1, 0.15) is 24.5 Å². The summed E-state index contributed by atoms with van der Waals surface area (Å²) in [6.07, 6.45) is 0.419. The molecule has 0 heterocycles. The summed E-state index contributed by atoms with van der Waals surface area (Å²) in [6, 6.07) is 12.8. The molecule has 0 spiro atoms. The first-order valence-corrected chi connectivity index (χ1v) is 6.27. The van der Waals surface area contributed by atoms with E-state index in [4.69, 9.17) is 0 Å². The van der Waals surface area contributed by atoms with Crippen molar-refractivity contribution < 1.29 is 13.9 Å². The maximum Gasteiger partial charge on any atom is 0.132 e. The lowest BCUT2D eigenvalue weighted by Crippen LogP contribution is -2.30. The molecule has 0 saturated heterocycles. The van der Waals surface area contributed by atoms with Crippen molar-refractivity contribution in [3.05, 3.63) is 71.3 Å². The molecule has 0 radical (unpaired) electrons. The first-order chi connectivity index (χ1) is 9.07. The molecular weight excluding hydrogens is 246 g/mol. The molecule has 1 nitrogen and oxygen atoms in total. The fourth-order valence-corrected chi connectivity index (χ4v) is 2.27. The van der Waals surface area contributed by atoms with E-state index in [1.165, 1.54) is 18.2 Å². The summed E-state index contributed by atoms with van der Waals surface area (Å²) in [5.41, 5.74) is -0.938. The van der Waals surface area contributed by atoms with Crippen molar-refractivity contribution in [1.82, 2.24) is 0 Å². The topological polar surface area (TPSA) is 20.2 Å². The maximum absolute atomic E-state index is 13.8. The molecule has 0 aliphatic carbocycles. The molecule has 19 heavy (non-hydrogen) atoms. The Labute approximate surface area is 111 Å². The van der Waals surface area contributed by atoms with Crippen molar-refractivity contribution in [2.45, 2.75) is 25.4 Å². The van der Waals surface area contributed by atoms with E-state index in [2.05, 4.69) is 0 Å². The zero-order valence-corrected chi connectivity index (χ0v) is 10.7. The molecule has 0 aliphatic heterocycles. The Balaban J connectivity index is 2.43. The van der Waals surface area contributed by atoms with Crippen LogP contribution in [-0.2, 0) is 12.0 Å². The third-order valence-corrected chi connectivity index (χ3v) is 3.35. The average Bonchev–Trinajstić information content (AvgIpc) is 2.39. The minimum absolute atomic E-state index is 0.183. The predicted octanol–water partition coefficient (Wildman–Crippen LogP) is 3.81. The van der Waals surface area contributed by atoms with Gasteiger partial charge in [0, 0.05) is 6.42 Å². The number of halogens is 2. The largest absolute Gasteiger partial charge is 0.385 e. The third kappa shape index (κ3) is 2.82. The van der Waals surface area contributed by atoms with Gasteiger partial charge in [0.15, 0.2) is 0 Å². The van der Waals surface area contributed by atoms with Crippen molar-refractivity contribution in [1.29, 1.82) is 0 Å². The van der Waals surface area contributed by atoms with Crippen LogP contribution in [0.4, 0.5) is 8.78 Å². The highest BCUT2D eigenvalue weighted by Gasteiger charge is 2.33. The fraction of sp³-hybridized carbons (Fsp3) is 0.250. The zero-order chi connectivity index (χ0) is 13.9. The Hall–Kier alpha value is -1.74. The Morgan fingerprint density at radius 3 is 2.05 bits per heavy atom. The fourth-order valence-electron chi connectivity index (χ4n) is 2.27. The van der Waals surface area contributed by atoms with Crippen LogP contribution in [-0.4, -0.2) is 5.11 Å². The molecule has 1 N–H and O–H groups in total. The highest BCUT2D eigenvalue weighted by molar-refractivity contribution is 5.29. The van der Waals surface area contributed by atoms with Crippen molar-refractivity contribution in [2.75, 3.05) is 0 Å². The lowest BCUT2D eigenvalue weighted by molar-refractivity contribution is 0.0254. The molecule has 0 bridgehead atoms. The first-order valence-electron chi connectivity index (χ1n) is 6.27. The van der Waals surface area contributed by atoms with Gasteiger partial charge < -0.3 is 5.11 Å². The average molecular weight is 262 g/mol. The molecule has 2 aromatic carbocycles. The van der Waals surface area contributed by atoms with Gasteiger partial charge in [0.05, 0.1) is 11.2 Å². The van der Waals surface area contributed by atoms with E-state index in [0.717, 1.165) is 5.56 Å². The molecule has 0 saturated carbocycles. The lowest BCUT2D eigenvalue weighted by Gasteiger charge is -2.28. The van der Waals surface area contributed by atoms with Crippen LogP contribution in [0.2, 0.25) is 0 Å². The number of aliphatic hydroxyl groups is 1. The second-order valence-corrected chi connectivity index (χ2v) is 4.64. The number of hydrogen-bond donors (Lipinski definition) is 1. The van der Waals surface area contributed by atoms with Crippen LogP contribution in [0.5, 0.6) is 0 Å². The van der Waals surface area contributed by atoms with Gasteiger partial charge in [0.1, 0.15) is 11.6 Å². The van der Waals surface area contributed by atoms with E-state index in [9.17, 15) is 13.9 Å². The van der Waals surface area contributed by atoms with Gasteiger partial charge >= 0.3 is 0 Å². The molecule has 0 amide bonds. The molecule has 2 rings (SSSR count). The molecule has 2 aromatic rings. The van der Waals surface area contributed by atoms with Gasteiger partial charge in [-0.3, -0.25) is 0 Å². The summed E-state index contributed by atoms with van der Waals surface area (Å²) in [6.45, 7) is 1.72. The Morgan fingerprint density at radius 2 is 1.53 bits per heavy atom. The minimum atomic E-state index is -1.53. The molecule has 1 atom stereocenters. The Morgan fingerprint density at radius 1 is 0.947 bits per heavy atom. The van der Waals surface area contributed by atoms with E-state index in [1.54, 1.807) is 6.92 Å². The highest BCUT2D eigenvalue weighted by Crippen LogP contribution is 2.32. The molecule has 1 unspecified atom stereocenters. The summed E-state index contributed by atoms with van der Waals surface area (Å²) < 4.78 is 27.7. The lowest BCUT2D eigenvalue weighted by atomic mass is 9.84.